The summed E-state index contributed by atoms with van der Waals surface area (Å²) in [5.74, 6) is 1.11. The van der Waals surface area contributed by atoms with Crippen LogP contribution < -0.4 is 10.6 Å². The number of nitriles is 1. The molecule has 178 valence electrons. The fraction of sp³-hybridized carbons (Fsp3) is 0.348. The molecular formula is C23H29N9OS. The number of nitrogens with zero attached hydrogens (tertiary/aromatic N) is 6. The molecule has 0 saturated heterocycles. The topological polar surface area (TPSA) is 126 Å². The van der Waals surface area contributed by atoms with E-state index in [2.05, 4.69) is 35.7 Å². The molecule has 2 amide bonds. The summed E-state index contributed by atoms with van der Waals surface area (Å²) in [6.07, 6.45) is 1.51. The largest absolute Gasteiger partial charge is 0.330 e. The molecule has 0 aliphatic carbocycles. The van der Waals surface area contributed by atoms with E-state index in [4.69, 9.17) is 5.26 Å². The van der Waals surface area contributed by atoms with Crippen LogP contribution >= 0.6 is 13.5 Å². The molecule has 0 unspecified atom stereocenters. The van der Waals surface area contributed by atoms with Gasteiger partial charge < -0.3 is 20.4 Å². The van der Waals surface area contributed by atoms with Gasteiger partial charge in [-0.05, 0) is 39.6 Å². The van der Waals surface area contributed by atoms with Crippen LogP contribution in [0, 0.1) is 11.3 Å². The van der Waals surface area contributed by atoms with Crippen molar-refractivity contribution in [2.45, 2.75) is 32.0 Å². The van der Waals surface area contributed by atoms with Gasteiger partial charge in [0.25, 0.3) is 0 Å². The Labute approximate surface area is 205 Å². The van der Waals surface area contributed by atoms with Gasteiger partial charge in [-0.3, -0.25) is 5.10 Å². The molecule has 2 aromatic heterocycles. The highest BCUT2D eigenvalue weighted by atomic mass is 32.1. The fourth-order valence-electron chi connectivity index (χ4n) is 4.06. The van der Waals surface area contributed by atoms with E-state index in [-0.39, 0.29) is 31.4 Å². The summed E-state index contributed by atoms with van der Waals surface area (Å²) < 4.78 is 0. The van der Waals surface area contributed by atoms with Gasteiger partial charge in [0, 0.05) is 18.3 Å². The number of carbonyl (C=O) groups is 1. The zero-order chi connectivity index (χ0) is 23.6. The van der Waals surface area contributed by atoms with Crippen LogP contribution in [0.5, 0.6) is 0 Å². The number of aromatic amines is 1. The summed E-state index contributed by atoms with van der Waals surface area (Å²) in [6.45, 7) is 5.04. The molecular weight excluding hydrogens is 450 g/mol. The molecule has 1 aliphatic rings. The second-order valence-electron chi connectivity index (χ2n) is 8.75. The number of hydrogen-bond acceptors (Lipinski definition) is 7. The van der Waals surface area contributed by atoms with E-state index in [1.807, 2.05) is 64.3 Å². The Hall–Kier alpha value is -3.62. The molecule has 3 aromatic rings. The molecule has 0 spiro atoms. The standard InChI is InChI=1S/C23H27N9O.H2S/c1-23(2)20-16(21(30-29-20)28-18-10-11-25-19(12-24)27-18)13-32(23)22(33)26-17(14-31(3)4)15-8-6-5-7-9-15;/h5-11,17H,13-14H2,1-4H3,(H,26,33)(H2,25,27,28,29,30);1H2/t17-;/m1./s1. The predicted octanol–water partition coefficient (Wildman–Crippen LogP) is 2.99. The number of H-pyrrole nitrogens is 1. The van der Waals surface area contributed by atoms with Crippen LogP contribution in [-0.2, 0) is 12.1 Å². The molecule has 10 nitrogen and oxygen atoms in total. The molecule has 1 atom stereocenters. The number of hydrogen-bond donors (Lipinski definition) is 3. The molecule has 3 N–H and O–H groups in total. The van der Waals surface area contributed by atoms with Gasteiger partial charge in [-0.15, -0.1) is 0 Å². The number of likely N-dealkylation sites (N-methyl/N-ethyl adjacent to an activating group) is 1. The number of carbonyl (C=O) groups excluding carboxylic acids is 1. The van der Waals surface area contributed by atoms with E-state index in [9.17, 15) is 4.79 Å². The number of fused-ring (bicyclic) bond motifs is 1. The molecule has 0 radical (unpaired) electrons. The van der Waals surface area contributed by atoms with Gasteiger partial charge in [-0.1, -0.05) is 30.3 Å². The summed E-state index contributed by atoms with van der Waals surface area (Å²) in [5.41, 5.74) is 2.21. The lowest BCUT2D eigenvalue weighted by Gasteiger charge is -2.34. The summed E-state index contributed by atoms with van der Waals surface area (Å²) in [5, 5.41) is 22.8. The number of benzene rings is 1. The summed E-state index contributed by atoms with van der Waals surface area (Å²) >= 11 is 0. The van der Waals surface area contributed by atoms with E-state index < -0.39 is 5.54 Å². The Morgan fingerprint density at radius 3 is 2.71 bits per heavy atom. The number of amides is 2. The second kappa shape index (κ2) is 10.1. The quantitative estimate of drug-likeness (QED) is 0.496. The van der Waals surface area contributed by atoms with Gasteiger partial charge in [0.15, 0.2) is 5.82 Å². The summed E-state index contributed by atoms with van der Waals surface area (Å²) in [7, 11) is 3.97. The highest BCUT2D eigenvalue weighted by Gasteiger charge is 2.44. The minimum atomic E-state index is -0.588. The molecule has 0 bridgehead atoms. The second-order valence-corrected chi connectivity index (χ2v) is 8.75. The van der Waals surface area contributed by atoms with Gasteiger partial charge in [-0.2, -0.15) is 23.9 Å². The van der Waals surface area contributed by atoms with Crippen LogP contribution in [0.2, 0.25) is 0 Å². The summed E-state index contributed by atoms with van der Waals surface area (Å²) in [4.78, 5) is 25.3. The molecule has 3 heterocycles. The van der Waals surface area contributed by atoms with Crippen molar-refractivity contribution in [2.75, 3.05) is 26.0 Å². The van der Waals surface area contributed by atoms with Crippen LogP contribution in [0.25, 0.3) is 0 Å². The van der Waals surface area contributed by atoms with Crippen molar-refractivity contribution in [2.24, 2.45) is 0 Å². The van der Waals surface area contributed by atoms with Crippen molar-refractivity contribution in [3.8, 4) is 6.07 Å². The number of nitrogens with one attached hydrogen (secondary N) is 3. The van der Waals surface area contributed by atoms with Gasteiger partial charge in [0.05, 0.1) is 23.8 Å². The van der Waals surface area contributed by atoms with E-state index in [0.29, 0.717) is 24.7 Å². The normalized spacial score (nSPS) is 14.6. The Morgan fingerprint density at radius 1 is 1.29 bits per heavy atom. The lowest BCUT2D eigenvalue weighted by atomic mass is 10.0. The first kappa shape index (κ1) is 25.0. The third-order valence-corrected chi connectivity index (χ3v) is 5.76. The number of urea groups is 1. The minimum absolute atomic E-state index is 0. The highest BCUT2D eigenvalue weighted by molar-refractivity contribution is 7.59. The average molecular weight is 480 g/mol. The number of aromatic nitrogens is 4. The molecule has 0 fully saturated rings. The first-order valence-corrected chi connectivity index (χ1v) is 10.6. The van der Waals surface area contributed by atoms with Gasteiger partial charge in [0.1, 0.15) is 11.9 Å². The maximum Gasteiger partial charge on any atom is 0.319 e. The number of rotatable bonds is 6. The van der Waals surface area contributed by atoms with Gasteiger partial charge >= 0.3 is 6.03 Å². The lowest BCUT2D eigenvalue weighted by molar-refractivity contribution is 0.138. The van der Waals surface area contributed by atoms with Crippen molar-refractivity contribution in [3.63, 3.8) is 0 Å². The van der Waals surface area contributed by atoms with Crippen LogP contribution in [0.15, 0.2) is 42.6 Å². The molecule has 1 aliphatic heterocycles. The lowest BCUT2D eigenvalue weighted by Crippen LogP contribution is -2.48. The molecule has 4 rings (SSSR count). The number of anilines is 2. The zero-order valence-electron chi connectivity index (χ0n) is 19.6. The molecule has 0 saturated carbocycles. The molecule has 34 heavy (non-hydrogen) atoms. The van der Waals surface area contributed by atoms with Crippen LogP contribution in [0.3, 0.4) is 0 Å². The van der Waals surface area contributed by atoms with E-state index in [1.165, 1.54) is 6.20 Å². The maximum absolute atomic E-state index is 13.4. The third-order valence-electron chi connectivity index (χ3n) is 5.76. The predicted molar refractivity (Wildman–Crippen MR) is 134 cm³/mol. The third kappa shape index (κ3) is 4.98. The van der Waals surface area contributed by atoms with Crippen molar-refractivity contribution in [1.29, 1.82) is 5.26 Å². The Balaban J connectivity index is 0.00000324. The van der Waals surface area contributed by atoms with Crippen LogP contribution in [-0.4, -0.2) is 56.6 Å². The van der Waals surface area contributed by atoms with Crippen molar-refractivity contribution in [1.82, 2.24) is 35.3 Å². The smallest absolute Gasteiger partial charge is 0.319 e. The van der Waals surface area contributed by atoms with E-state index >= 15 is 0 Å². The average Bonchev–Trinajstić information content (AvgIpc) is 3.31. The van der Waals surface area contributed by atoms with Crippen LogP contribution in [0.4, 0.5) is 16.4 Å². The first-order valence-electron chi connectivity index (χ1n) is 10.6. The molecule has 11 heteroatoms. The van der Waals surface area contributed by atoms with E-state index in [1.54, 1.807) is 11.0 Å². The van der Waals surface area contributed by atoms with Crippen molar-refractivity contribution < 1.29 is 4.79 Å². The highest BCUT2D eigenvalue weighted by Crippen LogP contribution is 2.41. The maximum atomic E-state index is 13.4. The van der Waals surface area contributed by atoms with Crippen molar-refractivity contribution >= 4 is 31.2 Å². The summed E-state index contributed by atoms with van der Waals surface area (Å²) in [6, 6.07) is 13.3. The Morgan fingerprint density at radius 2 is 2.03 bits per heavy atom. The van der Waals surface area contributed by atoms with Gasteiger partial charge in [0.2, 0.25) is 5.82 Å². The first-order chi connectivity index (χ1) is 15.8. The van der Waals surface area contributed by atoms with Crippen molar-refractivity contribution in [3.05, 3.63) is 65.2 Å². The monoisotopic (exact) mass is 479 g/mol. The Bertz CT molecular complexity index is 1190. The van der Waals surface area contributed by atoms with E-state index in [0.717, 1.165) is 16.8 Å². The zero-order valence-corrected chi connectivity index (χ0v) is 20.6. The minimum Gasteiger partial charge on any atom is -0.330 e. The molecule has 1 aromatic carbocycles. The Kier molecular flexibility index (Phi) is 7.44. The van der Waals surface area contributed by atoms with Gasteiger partial charge in [-0.25, -0.2) is 14.8 Å². The SMILES string of the molecule is CN(C)C[C@@H](NC(=O)N1Cc2c(Nc3ccnc(C#N)n3)n[nH]c2C1(C)C)c1ccccc1.S. The fourth-order valence-corrected chi connectivity index (χ4v) is 4.06. The van der Waals surface area contributed by atoms with Crippen LogP contribution in [0.1, 0.15) is 42.5 Å².